The Hall–Kier alpha value is -4.46. The minimum Gasteiger partial charge on any atom is -0.508 e. The van der Waals surface area contributed by atoms with Crippen molar-refractivity contribution in [2.45, 2.75) is 25.9 Å². The van der Waals surface area contributed by atoms with Crippen LogP contribution in [0.5, 0.6) is 5.75 Å². The van der Waals surface area contributed by atoms with Crippen molar-refractivity contribution in [2.75, 3.05) is 5.32 Å². The van der Waals surface area contributed by atoms with E-state index in [1.54, 1.807) is 42.5 Å². The van der Waals surface area contributed by atoms with Crippen molar-refractivity contribution in [2.24, 2.45) is 0 Å². The molecule has 3 aromatic carbocycles. The summed E-state index contributed by atoms with van der Waals surface area (Å²) in [5.41, 5.74) is 3.89. The van der Waals surface area contributed by atoms with Gasteiger partial charge in [0.05, 0.1) is 11.3 Å². The van der Waals surface area contributed by atoms with Crippen molar-refractivity contribution in [3.05, 3.63) is 106 Å². The lowest BCUT2D eigenvalue weighted by Crippen LogP contribution is -2.09. The van der Waals surface area contributed by atoms with Crippen LogP contribution >= 0.6 is 0 Å². The van der Waals surface area contributed by atoms with Crippen LogP contribution in [0.25, 0.3) is 17.5 Å². The number of fused-ring (bicyclic) bond motifs is 1. The summed E-state index contributed by atoms with van der Waals surface area (Å²) in [5, 5.41) is 13.0. The number of ketones is 1. The topological polar surface area (TPSA) is 75.1 Å². The zero-order chi connectivity index (χ0) is 26.2. The van der Waals surface area contributed by atoms with Crippen LogP contribution in [0.1, 0.15) is 38.3 Å². The molecule has 0 aliphatic heterocycles. The molecule has 186 valence electrons. The molecule has 2 N–H and O–H groups in total. The van der Waals surface area contributed by atoms with Crippen molar-refractivity contribution in [3.8, 4) is 17.1 Å². The predicted molar refractivity (Wildman–Crippen MR) is 136 cm³/mol. The Morgan fingerprint density at radius 2 is 1.81 bits per heavy atom. The average Bonchev–Trinajstić information content (AvgIpc) is 3.34. The number of aromatic nitrogens is 2. The second-order valence-electron chi connectivity index (χ2n) is 8.87. The Bertz CT molecular complexity index is 1530. The second-order valence-corrected chi connectivity index (χ2v) is 8.87. The highest BCUT2D eigenvalue weighted by Crippen LogP contribution is 2.32. The van der Waals surface area contributed by atoms with Crippen molar-refractivity contribution < 1.29 is 23.1 Å². The van der Waals surface area contributed by atoms with E-state index >= 15 is 0 Å². The molecular weight excluding hydrogens is 479 g/mol. The molecule has 4 aromatic rings. The number of aromatic hydroxyl groups is 1. The Kier molecular flexibility index (Phi) is 6.25. The van der Waals surface area contributed by atoms with E-state index < -0.39 is 11.7 Å². The molecule has 0 unspecified atom stereocenters. The zero-order valence-electron chi connectivity index (χ0n) is 19.8. The Labute approximate surface area is 211 Å². The number of allylic oxidation sites excluding steroid dienone is 1. The molecule has 0 saturated heterocycles. The number of Topliss-reactive ketones (excluding diaryl/α,β-unsaturated/α-hetero) is 1. The fraction of sp³-hybridized carbons (Fsp3) is 0.138. The third kappa shape index (κ3) is 5.23. The number of nitrogens with zero attached hydrogens (tertiary/aromatic N) is 2. The van der Waals surface area contributed by atoms with Crippen LogP contribution in [-0.4, -0.2) is 20.9 Å². The molecule has 1 aliphatic rings. The Morgan fingerprint density at radius 1 is 1.03 bits per heavy atom. The largest absolute Gasteiger partial charge is 0.508 e. The van der Waals surface area contributed by atoms with Gasteiger partial charge in [0.1, 0.15) is 11.6 Å². The molecule has 1 heterocycles. The lowest BCUT2D eigenvalue weighted by Gasteiger charge is -2.15. The molecule has 0 spiro atoms. The number of halogens is 3. The highest BCUT2D eigenvalue weighted by Gasteiger charge is 2.30. The van der Waals surface area contributed by atoms with E-state index in [0.717, 1.165) is 34.5 Å². The first kappa shape index (κ1) is 24.2. The molecule has 5 nitrogen and oxygen atoms in total. The minimum atomic E-state index is -4.47. The first-order valence-electron chi connectivity index (χ1n) is 11.6. The predicted octanol–water partition coefficient (Wildman–Crippen LogP) is 6.91. The average molecular weight is 502 g/mol. The van der Waals surface area contributed by atoms with Gasteiger partial charge < -0.3 is 10.4 Å². The maximum atomic E-state index is 13.1. The summed E-state index contributed by atoms with van der Waals surface area (Å²) in [4.78, 5) is 22.3. The zero-order valence-corrected chi connectivity index (χ0v) is 19.8. The van der Waals surface area contributed by atoms with Crippen LogP contribution in [0.15, 0.2) is 72.8 Å². The molecule has 37 heavy (non-hydrogen) atoms. The van der Waals surface area contributed by atoms with Gasteiger partial charge in [0, 0.05) is 28.8 Å². The van der Waals surface area contributed by atoms with E-state index in [0.29, 0.717) is 34.9 Å². The van der Waals surface area contributed by atoms with Crippen LogP contribution in [0.3, 0.4) is 0 Å². The van der Waals surface area contributed by atoms with Gasteiger partial charge in [-0.2, -0.15) is 13.2 Å². The van der Waals surface area contributed by atoms with Gasteiger partial charge in [-0.05, 0) is 66.9 Å². The van der Waals surface area contributed by atoms with Crippen molar-refractivity contribution >= 4 is 23.4 Å². The van der Waals surface area contributed by atoms with Crippen molar-refractivity contribution in [3.63, 3.8) is 0 Å². The maximum Gasteiger partial charge on any atom is 0.416 e. The van der Waals surface area contributed by atoms with Crippen molar-refractivity contribution in [1.82, 2.24) is 9.97 Å². The molecular formula is C29H22F3N3O2. The van der Waals surface area contributed by atoms with Crippen LogP contribution in [0, 0.1) is 6.92 Å². The number of rotatable bonds is 6. The number of nitrogens with one attached hydrogen (secondary N) is 1. The number of aryl methyl sites for hydroxylation is 1. The smallest absolute Gasteiger partial charge is 0.416 e. The number of alkyl halides is 3. The fourth-order valence-electron chi connectivity index (χ4n) is 4.17. The molecule has 0 atom stereocenters. The summed E-state index contributed by atoms with van der Waals surface area (Å²) in [6.07, 6.45) is -0.0440. The van der Waals surface area contributed by atoms with Crippen LogP contribution in [0.4, 0.5) is 24.7 Å². The molecule has 0 bridgehead atoms. The molecule has 8 heteroatoms. The number of phenols is 1. The van der Waals surface area contributed by atoms with Crippen LogP contribution < -0.4 is 5.32 Å². The number of anilines is 2. The number of phenolic OH excluding ortho intramolecular Hbond substituents is 1. The summed E-state index contributed by atoms with van der Waals surface area (Å²) >= 11 is 0. The van der Waals surface area contributed by atoms with Gasteiger partial charge in [-0.3, -0.25) is 4.79 Å². The molecule has 5 rings (SSSR count). The Balaban J connectivity index is 1.43. The molecule has 0 radical (unpaired) electrons. The standard InChI is InChI=1S/C29H22F3N3O2/c1-17-8-9-20(26(37)15-18-4-2-5-21(14-18)29(30,31)32)16-25(17)34-28-23-6-3-7-24(23)33-27(35-28)19-10-12-22(36)13-11-19/h2-5,7-14,16,36H,6,15H2,1H3,(H,33,34,35). The van der Waals surface area contributed by atoms with Crippen molar-refractivity contribution in [1.29, 1.82) is 0 Å². The molecule has 1 aromatic heterocycles. The molecule has 0 saturated carbocycles. The lowest BCUT2D eigenvalue weighted by molar-refractivity contribution is -0.137. The first-order chi connectivity index (χ1) is 17.7. The minimum absolute atomic E-state index is 0.144. The third-order valence-corrected chi connectivity index (χ3v) is 6.19. The van der Waals surface area contributed by atoms with E-state index in [1.807, 2.05) is 19.1 Å². The van der Waals surface area contributed by atoms with Crippen LogP contribution in [0.2, 0.25) is 0 Å². The highest BCUT2D eigenvalue weighted by molar-refractivity contribution is 5.98. The SMILES string of the molecule is Cc1ccc(C(=O)Cc2cccc(C(F)(F)F)c2)cc1Nc1nc(-c2ccc(O)cc2)nc2c1CC=C2. The number of hydrogen-bond donors (Lipinski definition) is 2. The summed E-state index contributed by atoms with van der Waals surface area (Å²) in [6.45, 7) is 1.89. The quantitative estimate of drug-likeness (QED) is 0.281. The highest BCUT2D eigenvalue weighted by atomic mass is 19.4. The molecule has 0 fully saturated rings. The molecule has 1 aliphatic carbocycles. The van der Waals surface area contributed by atoms with E-state index in [2.05, 4.69) is 10.3 Å². The van der Waals surface area contributed by atoms with Gasteiger partial charge in [-0.15, -0.1) is 0 Å². The number of carbonyl (C=O) groups is 1. The number of carbonyl (C=O) groups excluding carboxylic acids is 1. The fourth-order valence-corrected chi connectivity index (χ4v) is 4.17. The monoisotopic (exact) mass is 501 g/mol. The molecule has 0 amide bonds. The third-order valence-electron chi connectivity index (χ3n) is 6.19. The van der Waals surface area contributed by atoms with E-state index in [9.17, 15) is 23.1 Å². The lowest BCUT2D eigenvalue weighted by atomic mass is 9.99. The summed E-state index contributed by atoms with van der Waals surface area (Å²) in [6, 6.07) is 16.6. The summed E-state index contributed by atoms with van der Waals surface area (Å²) < 4.78 is 39.2. The second kappa shape index (κ2) is 9.54. The number of hydrogen-bond acceptors (Lipinski definition) is 5. The van der Waals surface area contributed by atoms with E-state index in [-0.39, 0.29) is 18.0 Å². The maximum absolute atomic E-state index is 13.1. The Morgan fingerprint density at radius 3 is 2.57 bits per heavy atom. The van der Waals surface area contributed by atoms with E-state index in [4.69, 9.17) is 4.98 Å². The van der Waals surface area contributed by atoms with Gasteiger partial charge >= 0.3 is 6.18 Å². The van der Waals surface area contributed by atoms with Gasteiger partial charge in [-0.25, -0.2) is 9.97 Å². The summed E-state index contributed by atoms with van der Waals surface area (Å²) in [5.74, 6) is 0.943. The van der Waals surface area contributed by atoms with Gasteiger partial charge in [0.15, 0.2) is 11.6 Å². The summed E-state index contributed by atoms with van der Waals surface area (Å²) in [7, 11) is 0. The van der Waals surface area contributed by atoms with Gasteiger partial charge in [-0.1, -0.05) is 36.4 Å². The number of benzene rings is 3. The van der Waals surface area contributed by atoms with E-state index in [1.165, 1.54) is 12.1 Å². The van der Waals surface area contributed by atoms with Crippen LogP contribution in [-0.2, 0) is 19.0 Å². The first-order valence-corrected chi connectivity index (χ1v) is 11.6. The van der Waals surface area contributed by atoms with Gasteiger partial charge in [0.25, 0.3) is 0 Å². The van der Waals surface area contributed by atoms with Gasteiger partial charge in [0.2, 0.25) is 0 Å². The normalized spacial score (nSPS) is 12.4.